The molecule has 17 heavy (non-hydrogen) atoms. The van der Waals surface area contributed by atoms with E-state index in [2.05, 4.69) is 44.9 Å². The van der Waals surface area contributed by atoms with Crippen molar-refractivity contribution in [1.82, 2.24) is 5.32 Å². The Labute approximate surface area is 110 Å². The maximum absolute atomic E-state index is 5.48. The van der Waals surface area contributed by atoms with Gasteiger partial charge in [-0.15, -0.1) is 0 Å². The number of thioether (sulfide) groups is 1. The number of hydrogen-bond donors (Lipinski definition) is 1. The number of amidine groups is 1. The quantitative estimate of drug-likeness (QED) is 0.770. The van der Waals surface area contributed by atoms with Crippen molar-refractivity contribution in [2.24, 2.45) is 10.4 Å². The standard InChI is InChI=1S/C13H26N2OS/c1-10(2)16-7-6-14-12-15-9-11(17-12)8-13(3,4)5/h10-11H,6-9H2,1-5H3,(H,14,15). The Morgan fingerprint density at radius 1 is 1.47 bits per heavy atom. The summed E-state index contributed by atoms with van der Waals surface area (Å²) in [5, 5.41) is 5.07. The van der Waals surface area contributed by atoms with Crippen LogP contribution in [0.5, 0.6) is 0 Å². The van der Waals surface area contributed by atoms with Crippen molar-refractivity contribution >= 4 is 16.9 Å². The zero-order chi connectivity index (χ0) is 12.9. The van der Waals surface area contributed by atoms with Crippen LogP contribution in [0.15, 0.2) is 4.99 Å². The summed E-state index contributed by atoms with van der Waals surface area (Å²) >= 11 is 1.88. The highest BCUT2D eigenvalue weighted by Gasteiger charge is 2.24. The molecule has 1 unspecified atom stereocenters. The van der Waals surface area contributed by atoms with Crippen LogP contribution >= 0.6 is 11.8 Å². The van der Waals surface area contributed by atoms with Gasteiger partial charge in [-0.05, 0) is 25.7 Å². The lowest BCUT2D eigenvalue weighted by Crippen LogP contribution is -2.25. The monoisotopic (exact) mass is 258 g/mol. The molecular weight excluding hydrogens is 232 g/mol. The molecule has 0 saturated carbocycles. The summed E-state index contributed by atoms with van der Waals surface area (Å²) in [5.41, 5.74) is 0.392. The van der Waals surface area contributed by atoms with Crippen molar-refractivity contribution in [3.63, 3.8) is 0 Å². The molecule has 0 aliphatic carbocycles. The van der Waals surface area contributed by atoms with Crippen LogP contribution < -0.4 is 5.32 Å². The Kier molecular flexibility index (Phi) is 5.80. The smallest absolute Gasteiger partial charge is 0.157 e. The Balaban J connectivity index is 2.13. The zero-order valence-corrected chi connectivity index (χ0v) is 12.6. The third-order valence-electron chi connectivity index (χ3n) is 2.39. The van der Waals surface area contributed by atoms with Gasteiger partial charge in [0.05, 0.1) is 19.3 Å². The van der Waals surface area contributed by atoms with E-state index in [1.165, 1.54) is 6.42 Å². The molecule has 1 rings (SSSR count). The van der Waals surface area contributed by atoms with Crippen LogP contribution in [0.1, 0.15) is 41.0 Å². The fraction of sp³-hybridized carbons (Fsp3) is 0.923. The van der Waals surface area contributed by atoms with Gasteiger partial charge in [0.1, 0.15) is 0 Å². The first kappa shape index (κ1) is 14.8. The van der Waals surface area contributed by atoms with Crippen molar-refractivity contribution in [3.05, 3.63) is 0 Å². The molecule has 4 heteroatoms. The van der Waals surface area contributed by atoms with Gasteiger partial charge >= 0.3 is 0 Å². The molecule has 100 valence electrons. The van der Waals surface area contributed by atoms with E-state index in [1.807, 2.05) is 11.8 Å². The van der Waals surface area contributed by atoms with Crippen LogP contribution in [-0.4, -0.2) is 36.2 Å². The van der Waals surface area contributed by atoms with Crippen LogP contribution in [0, 0.1) is 5.41 Å². The highest BCUT2D eigenvalue weighted by Crippen LogP contribution is 2.31. The Morgan fingerprint density at radius 3 is 2.76 bits per heavy atom. The van der Waals surface area contributed by atoms with Gasteiger partial charge in [0.15, 0.2) is 5.17 Å². The molecule has 3 nitrogen and oxygen atoms in total. The molecule has 0 aromatic carbocycles. The number of nitrogens with zero attached hydrogens (tertiary/aromatic N) is 1. The van der Waals surface area contributed by atoms with Gasteiger partial charge in [-0.2, -0.15) is 0 Å². The lowest BCUT2D eigenvalue weighted by Gasteiger charge is -2.21. The Bertz CT molecular complexity index is 259. The fourth-order valence-corrected chi connectivity index (χ4v) is 3.14. The second-order valence-electron chi connectivity index (χ2n) is 6.00. The number of rotatable bonds is 5. The van der Waals surface area contributed by atoms with Crippen LogP contribution in [0.4, 0.5) is 0 Å². The van der Waals surface area contributed by atoms with Crippen LogP contribution in [0.2, 0.25) is 0 Å². The van der Waals surface area contributed by atoms with E-state index in [0.717, 1.165) is 24.9 Å². The SMILES string of the molecule is CC(C)OCCNC1=NCC(CC(C)(C)C)S1. The van der Waals surface area contributed by atoms with E-state index in [1.54, 1.807) is 0 Å². The summed E-state index contributed by atoms with van der Waals surface area (Å²) in [6.45, 7) is 13.5. The molecule has 0 aromatic rings. The predicted octanol–water partition coefficient (Wildman–Crippen LogP) is 2.91. The number of nitrogens with one attached hydrogen (secondary N) is 1. The third kappa shape index (κ3) is 6.94. The molecule has 0 fully saturated rings. The molecule has 1 aliphatic heterocycles. The first-order valence-corrected chi connectivity index (χ1v) is 7.31. The van der Waals surface area contributed by atoms with Gasteiger partial charge in [-0.25, -0.2) is 0 Å². The molecule has 0 spiro atoms. The Morgan fingerprint density at radius 2 is 2.18 bits per heavy atom. The second-order valence-corrected chi connectivity index (χ2v) is 7.29. The van der Waals surface area contributed by atoms with Crippen molar-refractivity contribution in [3.8, 4) is 0 Å². The van der Waals surface area contributed by atoms with Crippen LogP contribution in [0.3, 0.4) is 0 Å². The van der Waals surface area contributed by atoms with E-state index in [9.17, 15) is 0 Å². The summed E-state index contributed by atoms with van der Waals surface area (Å²) in [6, 6.07) is 0. The lowest BCUT2D eigenvalue weighted by molar-refractivity contribution is 0.0831. The van der Waals surface area contributed by atoms with Crippen LogP contribution in [0.25, 0.3) is 0 Å². The van der Waals surface area contributed by atoms with Gasteiger partial charge in [-0.3, -0.25) is 4.99 Å². The van der Waals surface area contributed by atoms with E-state index in [-0.39, 0.29) is 0 Å². The van der Waals surface area contributed by atoms with Crippen molar-refractivity contribution in [1.29, 1.82) is 0 Å². The fourth-order valence-electron chi connectivity index (χ4n) is 1.76. The average Bonchev–Trinajstić information content (AvgIpc) is 2.57. The minimum Gasteiger partial charge on any atom is -0.377 e. The normalized spacial score (nSPS) is 20.8. The second kappa shape index (κ2) is 6.64. The number of ether oxygens (including phenoxy) is 1. The maximum atomic E-state index is 5.48. The molecule has 0 aromatic heterocycles. The Hall–Kier alpha value is -0.220. The highest BCUT2D eigenvalue weighted by atomic mass is 32.2. The minimum atomic E-state index is 0.309. The van der Waals surface area contributed by atoms with Gasteiger partial charge in [0.25, 0.3) is 0 Å². The lowest BCUT2D eigenvalue weighted by atomic mass is 9.90. The summed E-state index contributed by atoms with van der Waals surface area (Å²) in [6.07, 6.45) is 1.53. The molecule has 0 bridgehead atoms. The van der Waals surface area contributed by atoms with Crippen molar-refractivity contribution < 1.29 is 4.74 Å². The highest BCUT2D eigenvalue weighted by molar-refractivity contribution is 8.14. The van der Waals surface area contributed by atoms with Gasteiger partial charge in [0.2, 0.25) is 0 Å². The predicted molar refractivity (Wildman–Crippen MR) is 76.8 cm³/mol. The molecule has 0 amide bonds. The minimum absolute atomic E-state index is 0.309. The summed E-state index contributed by atoms with van der Waals surface area (Å²) in [7, 11) is 0. The van der Waals surface area contributed by atoms with E-state index in [0.29, 0.717) is 16.8 Å². The molecule has 1 aliphatic rings. The van der Waals surface area contributed by atoms with Gasteiger partial charge in [0, 0.05) is 11.8 Å². The summed E-state index contributed by atoms with van der Waals surface area (Å²) < 4.78 is 5.48. The maximum Gasteiger partial charge on any atom is 0.157 e. The summed E-state index contributed by atoms with van der Waals surface area (Å²) in [5.74, 6) is 0. The number of aliphatic imine (C=N–C) groups is 1. The zero-order valence-electron chi connectivity index (χ0n) is 11.7. The molecule has 0 saturated heterocycles. The van der Waals surface area contributed by atoms with E-state index in [4.69, 9.17) is 4.74 Å². The molecular formula is C13H26N2OS. The van der Waals surface area contributed by atoms with Crippen LogP contribution in [-0.2, 0) is 4.74 Å². The molecule has 0 radical (unpaired) electrons. The van der Waals surface area contributed by atoms with Crippen molar-refractivity contribution in [2.45, 2.75) is 52.4 Å². The number of hydrogen-bond acceptors (Lipinski definition) is 4. The van der Waals surface area contributed by atoms with E-state index < -0.39 is 0 Å². The summed E-state index contributed by atoms with van der Waals surface area (Å²) in [4.78, 5) is 4.53. The van der Waals surface area contributed by atoms with Gasteiger partial charge < -0.3 is 10.1 Å². The van der Waals surface area contributed by atoms with E-state index >= 15 is 0 Å². The van der Waals surface area contributed by atoms with Crippen molar-refractivity contribution in [2.75, 3.05) is 19.7 Å². The molecule has 1 heterocycles. The first-order valence-electron chi connectivity index (χ1n) is 6.43. The first-order chi connectivity index (χ1) is 7.87. The molecule has 1 N–H and O–H groups in total. The van der Waals surface area contributed by atoms with Gasteiger partial charge in [-0.1, -0.05) is 32.5 Å². The average molecular weight is 258 g/mol. The largest absolute Gasteiger partial charge is 0.377 e. The third-order valence-corrected chi connectivity index (χ3v) is 3.53. The molecule has 1 atom stereocenters. The topological polar surface area (TPSA) is 33.6 Å².